The molecule has 1 aromatic heterocycles. The molecule has 0 amide bonds. The van der Waals surface area contributed by atoms with Crippen LogP contribution in [0.5, 0.6) is 0 Å². The van der Waals surface area contributed by atoms with E-state index in [0.29, 0.717) is 16.2 Å². The maximum absolute atomic E-state index is 12.4. The predicted molar refractivity (Wildman–Crippen MR) is 66.5 cm³/mol. The number of ketones is 1. The monoisotopic (exact) mass is 284 g/mol. The number of furan rings is 1. The molecule has 2 rings (SSSR count). The van der Waals surface area contributed by atoms with Crippen LogP contribution >= 0.6 is 15.9 Å². The van der Waals surface area contributed by atoms with E-state index in [1.54, 1.807) is 12.3 Å². The van der Waals surface area contributed by atoms with E-state index < -0.39 is 0 Å². The lowest BCUT2D eigenvalue weighted by molar-refractivity contribution is 0.0818. The number of hydrogen-bond donors (Lipinski definition) is 0. The van der Waals surface area contributed by atoms with Crippen molar-refractivity contribution < 1.29 is 9.21 Å². The van der Waals surface area contributed by atoms with Crippen molar-refractivity contribution in [3.63, 3.8) is 0 Å². The lowest BCUT2D eigenvalue weighted by Crippen LogP contribution is -2.26. The van der Waals surface area contributed by atoms with Crippen LogP contribution < -0.4 is 0 Å². The highest BCUT2D eigenvalue weighted by atomic mass is 79.9. The van der Waals surface area contributed by atoms with Crippen molar-refractivity contribution in [1.29, 1.82) is 0 Å². The highest BCUT2D eigenvalue weighted by Gasteiger charge is 2.31. The van der Waals surface area contributed by atoms with Gasteiger partial charge < -0.3 is 4.42 Å². The zero-order chi connectivity index (χ0) is 11.5. The molecule has 0 aliphatic heterocycles. The molecular formula is C13H17BrO2. The summed E-state index contributed by atoms with van der Waals surface area (Å²) in [7, 11) is 0. The normalized spacial score (nSPS) is 25.6. The number of carbonyl (C=O) groups is 1. The smallest absolute Gasteiger partial charge is 0.179 e. The molecule has 1 aromatic rings. The van der Waals surface area contributed by atoms with Gasteiger partial charge in [0, 0.05) is 5.92 Å². The Morgan fingerprint density at radius 1 is 1.50 bits per heavy atom. The quantitative estimate of drug-likeness (QED) is 0.768. The second kappa shape index (κ2) is 5.17. The van der Waals surface area contributed by atoms with Crippen LogP contribution in [-0.2, 0) is 0 Å². The van der Waals surface area contributed by atoms with Crippen molar-refractivity contribution in [3.8, 4) is 0 Å². The average Bonchev–Trinajstić information content (AvgIpc) is 2.74. The van der Waals surface area contributed by atoms with Gasteiger partial charge in [0.25, 0.3) is 0 Å². The molecule has 0 radical (unpaired) electrons. The van der Waals surface area contributed by atoms with Crippen LogP contribution in [0.2, 0.25) is 0 Å². The van der Waals surface area contributed by atoms with Crippen LogP contribution in [0.15, 0.2) is 21.4 Å². The Hall–Kier alpha value is -0.570. The van der Waals surface area contributed by atoms with Gasteiger partial charge in [-0.3, -0.25) is 4.79 Å². The SMILES string of the molecule is CCC1CCCCC1C(=O)c1ccoc1Br. The number of halogens is 1. The second-order valence-corrected chi connectivity index (χ2v) is 5.25. The van der Waals surface area contributed by atoms with Gasteiger partial charge in [-0.15, -0.1) is 0 Å². The number of rotatable bonds is 3. The van der Waals surface area contributed by atoms with Crippen LogP contribution in [0.4, 0.5) is 0 Å². The van der Waals surface area contributed by atoms with Gasteiger partial charge in [-0.2, -0.15) is 0 Å². The molecule has 2 atom stereocenters. The lowest BCUT2D eigenvalue weighted by atomic mass is 9.74. The maximum atomic E-state index is 12.4. The van der Waals surface area contributed by atoms with E-state index in [9.17, 15) is 4.79 Å². The third kappa shape index (κ3) is 2.24. The minimum Gasteiger partial charge on any atom is -0.457 e. The van der Waals surface area contributed by atoms with Crippen molar-refractivity contribution in [2.45, 2.75) is 39.0 Å². The second-order valence-electron chi connectivity index (χ2n) is 4.53. The van der Waals surface area contributed by atoms with Gasteiger partial charge in [0.2, 0.25) is 0 Å². The maximum Gasteiger partial charge on any atom is 0.179 e. The Morgan fingerprint density at radius 2 is 2.25 bits per heavy atom. The van der Waals surface area contributed by atoms with Gasteiger partial charge in [-0.1, -0.05) is 26.2 Å². The summed E-state index contributed by atoms with van der Waals surface area (Å²) in [5.41, 5.74) is 0.713. The summed E-state index contributed by atoms with van der Waals surface area (Å²) in [5.74, 6) is 1.02. The minimum absolute atomic E-state index is 0.202. The molecule has 88 valence electrons. The summed E-state index contributed by atoms with van der Waals surface area (Å²) in [4.78, 5) is 12.4. The van der Waals surface area contributed by atoms with E-state index in [4.69, 9.17) is 4.42 Å². The molecule has 1 aliphatic carbocycles. The van der Waals surface area contributed by atoms with Gasteiger partial charge in [0.05, 0.1) is 11.8 Å². The average molecular weight is 285 g/mol. The van der Waals surface area contributed by atoms with Gasteiger partial charge in [-0.05, 0) is 40.8 Å². The lowest BCUT2D eigenvalue weighted by Gasteiger charge is -2.29. The summed E-state index contributed by atoms with van der Waals surface area (Å²) < 4.78 is 5.72. The number of hydrogen-bond acceptors (Lipinski definition) is 2. The molecule has 1 aliphatic rings. The third-order valence-electron chi connectivity index (χ3n) is 3.65. The van der Waals surface area contributed by atoms with Gasteiger partial charge in [0.1, 0.15) is 0 Å². The van der Waals surface area contributed by atoms with E-state index in [-0.39, 0.29) is 11.7 Å². The molecule has 0 aromatic carbocycles. The Kier molecular flexibility index (Phi) is 3.85. The predicted octanol–water partition coefficient (Wildman–Crippen LogP) is 4.44. The Bertz CT molecular complexity index is 370. The van der Waals surface area contributed by atoms with Crippen molar-refractivity contribution in [3.05, 3.63) is 22.6 Å². The van der Waals surface area contributed by atoms with Crippen LogP contribution in [0.3, 0.4) is 0 Å². The first-order valence-electron chi connectivity index (χ1n) is 6.01. The highest BCUT2D eigenvalue weighted by molar-refractivity contribution is 9.10. The van der Waals surface area contributed by atoms with E-state index in [0.717, 1.165) is 12.8 Å². The standard InChI is InChI=1S/C13H17BrO2/c1-2-9-5-3-4-6-10(9)12(15)11-7-8-16-13(11)14/h7-10H,2-6H2,1H3. The van der Waals surface area contributed by atoms with Crippen LogP contribution in [0.25, 0.3) is 0 Å². The van der Waals surface area contributed by atoms with E-state index in [2.05, 4.69) is 22.9 Å². The first kappa shape index (κ1) is 11.9. The number of Topliss-reactive ketones (excluding diaryl/α,β-unsaturated/α-hetero) is 1. The number of carbonyl (C=O) groups excluding carboxylic acids is 1. The molecule has 1 heterocycles. The zero-order valence-corrected chi connectivity index (χ0v) is 11.1. The molecule has 0 bridgehead atoms. The molecule has 0 saturated heterocycles. The fraction of sp³-hybridized carbons (Fsp3) is 0.615. The van der Waals surface area contributed by atoms with Crippen molar-refractivity contribution >= 4 is 21.7 Å². The Balaban J connectivity index is 2.17. The van der Waals surface area contributed by atoms with Crippen molar-refractivity contribution in [1.82, 2.24) is 0 Å². The molecule has 0 spiro atoms. The molecule has 16 heavy (non-hydrogen) atoms. The van der Waals surface area contributed by atoms with E-state index in [1.807, 2.05) is 0 Å². The van der Waals surface area contributed by atoms with Crippen molar-refractivity contribution in [2.24, 2.45) is 11.8 Å². The Morgan fingerprint density at radius 3 is 2.88 bits per heavy atom. The molecule has 3 heteroatoms. The fourth-order valence-electron chi connectivity index (χ4n) is 2.71. The summed E-state index contributed by atoms with van der Waals surface area (Å²) in [6.45, 7) is 2.18. The minimum atomic E-state index is 0.202. The van der Waals surface area contributed by atoms with Crippen molar-refractivity contribution in [2.75, 3.05) is 0 Å². The first-order valence-corrected chi connectivity index (χ1v) is 6.80. The molecule has 0 N–H and O–H groups in total. The van der Waals surface area contributed by atoms with Crippen LogP contribution in [-0.4, -0.2) is 5.78 Å². The molecular weight excluding hydrogens is 268 g/mol. The van der Waals surface area contributed by atoms with Gasteiger partial charge in [-0.25, -0.2) is 0 Å². The zero-order valence-electron chi connectivity index (χ0n) is 9.54. The van der Waals surface area contributed by atoms with Gasteiger partial charge >= 0.3 is 0 Å². The van der Waals surface area contributed by atoms with E-state index in [1.165, 1.54) is 19.3 Å². The first-order chi connectivity index (χ1) is 7.74. The van der Waals surface area contributed by atoms with Gasteiger partial charge in [0.15, 0.2) is 10.5 Å². The summed E-state index contributed by atoms with van der Waals surface area (Å²) in [5, 5.41) is 0. The summed E-state index contributed by atoms with van der Waals surface area (Å²) in [6, 6.07) is 1.77. The van der Waals surface area contributed by atoms with Crippen LogP contribution in [0, 0.1) is 11.8 Å². The Labute approximate surface area is 105 Å². The molecule has 1 saturated carbocycles. The third-order valence-corrected chi connectivity index (χ3v) is 4.27. The fourth-order valence-corrected chi connectivity index (χ4v) is 3.15. The summed E-state index contributed by atoms with van der Waals surface area (Å²) >= 11 is 3.29. The largest absolute Gasteiger partial charge is 0.457 e. The van der Waals surface area contributed by atoms with Crippen LogP contribution in [0.1, 0.15) is 49.4 Å². The molecule has 2 nitrogen and oxygen atoms in total. The summed E-state index contributed by atoms with van der Waals surface area (Å²) in [6.07, 6.45) is 7.36. The molecule has 1 fully saturated rings. The highest BCUT2D eigenvalue weighted by Crippen LogP contribution is 2.35. The topological polar surface area (TPSA) is 30.2 Å². The van der Waals surface area contributed by atoms with E-state index >= 15 is 0 Å². The molecule has 2 unspecified atom stereocenters.